The number of phenolic OH excluding ortho intramolecular Hbond substituents is 1. The number of phenols is 1. The van der Waals surface area contributed by atoms with Gasteiger partial charge in [0.05, 0.1) is 5.56 Å². The fraction of sp³-hybridized carbons (Fsp3) is 0. The summed E-state index contributed by atoms with van der Waals surface area (Å²) in [7, 11) is 0. The summed E-state index contributed by atoms with van der Waals surface area (Å²) in [4.78, 5) is 17.6. The molecule has 0 saturated carbocycles. The highest BCUT2D eigenvalue weighted by molar-refractivity contribution is 9.10. The third-order valence-corrected chi connectivity index (χ3v) is 2.57. The molecule has 0 spiro atoms. The molecule has 8 heteroatoms. The van der Waals surface area contributed by atoms with E-state index in [1.165, 1.54) is 12.3 Å². The fourth-order valence-electron chi connectivity index (χ4n) is 1.04. The SMILES string of the molecule is NNc1ccnc(Cl)n1.O=Cc1cc(Br)ccc1O. The lowest BCUT2D eigenvalue weighted by Crippen LogP contribution is -2.08. The summed E-state index contributed by atoms with van der Waals surface area (Å²) in [6.45, 7) is 0. The third-order valence-electron chi connectivity index (χ3n) is 1.89. The smallest absolute Gasteiger partial charge is 0.224 e. The molecule has 1 aromatic heterocycles. The van der Waals surface area contributed by atoms with Crippen molar-refractivity contribution in [2.75, 3.05) is 5.43 Å². The number of hydrogen-bond acceptors (Lipinski definition) is 6. The largest absolute Gasteiger partial charge is 0.507 e. The Hall–Kier alpha value is -1.70. The van der Waals surface area contributed by atoms with Crippen LogP contribution in [0.15, 0.2) is 34.9 Å². The second-order valence-electron chi connectivity index (χ2n) is 3.18. The zero-order chi connectivity index (χ0) is 14.3. The summed E-state index contributed by atoms with van der Waals surface area (Å²) in [5.41, 5.74) is 2.63. The van der Waals surface area contributed by atoms with Crippen LogP contribution in [-0.4, -0.2) is 21.4 Å². The first kappa shape index (κ1) is 15.4. The molecular weight excluding hydrogens is 336 g/mol. The average Bonchev–Trinajstić information content (AvgIpc) is 2.42. The van der Waals surface area contributed by atoms with Gasteiger partial charge in [-0.05, 0) is 29.8 Å². The number of nitrogens with zero attached hydrogens (tertiary/aromatic N) is 2. The summed E-state index contributed by atoms with van der Waals surface area (Å²) >= 11 is 8.57. The van der Waals surface area contributed by atoms with E-state index >= 15 is 0 Å². The van der Waals surface area contributed by atoms with Crippen LogP contribution in [-0.2, 0) is 0 Å². The first-order valence-electron chi connectivity index (χ1n) is 4.95. The van der Waals surface area contributed by atoms with Gasteiger partial charge in [-0.3, -0.25) is 4.79 Å². The van der Waals surface area contributed by atoms with Crippen LogP contribution in [0.3, 0.4) is 0 Å². The first-order valence-corrected chi connectivity index (χ1v) is 6.12. The molecular formula is C11H10BrClN4O2. The van der Waals surface area contributed by atoms with Gasteiger partial charge in [-0.15, -0.1) is 0 Å². The predicted octanol–water partition coefficient (Wildman–Crippen LogP) is 2.38. The van der Waals surface area contributed by atoms with Crippen LogP contribution >= 0.6 is 27.5 Å². The minimum atomic E-state index is 0.0122. The van der Waals surface area contributed by atoms with Crippen LogP contribution in [0.4, 0.5) is 5.82 Å². The van der Waals surface area contributed by atoms with Gasteiger partial charge in [0.25, 0.3) is 0 Å². The predicted molar refractivity (Wildman–Crippen MR) is 76.0 cm³/mol. The van der Waals surface area contributed by atoms with Crippen LogP contribution in [0.1, 0.15) is 10.4 Å². The quantitative estimate of drug-likeness (QED) is 0.334. The zero-order valence-electron chi connectivity index (χ0n) is 9.55. The van der Waals surface area contributed by atoms with E-state index in [0.29, 0.717) is 17.7 Å². The average molecular weight is 346 g/mol. The number of halogens is 2. The number of anilines is 1. The van der Waals surface area contributed by atoms with E-state index < -0.39 is 0 Å². The minimum absolute atomic E-state index is 0.0122. The van der Waals surface area contributed by atoms with E-state index in [1.54, 1.807) is 18.2 Å². The van der Waals surface area contributed by atoms with Crippen LogP contribution in [0.25, 0.3) is 0 Å². The maximum Gasteiger partial charge on any atom is 0.224 e. The molecule has 0 atom stereocenters. The molecule has 100 valence electrons. The highest BCUT2D eigenvalue weighted by atomic mass is 79.9. The molecule has 4 N–H and O–H groups in total. The molecule has 0 radical (unpaired) electrons. The summed E-state index contributed by atoms with van der Waals surface area (Å²) in [5.74, 6) is 5.54. The number of nitrogens with one attached hydrogen (secondary N) is 1. The Labute approximate surface area is 122 Å². The van der Waals surface area contributed by atoms with Gasteiger partial charge in [0.15, 0.2) is 6.29 Å². The first-order chi connectivity index (χ1) is 9.06. The van der Waals surface area contributed by atoms with E-state index in [9.17, 15) is 4.79 Å². The highest BCUT2D eigenvalue weighted by Gasteiger charge is 1.97. The van der Waals surface area contributed by atoms with Gasteiger partial charge in [0.2, 0.25) is 5.28 Å². The van der Waals surface area contributed by atoms with Crippen LogP contribution in [0.5, 0.6) is 5.75 Å². The van der Waals surface area contributed by atoms with Crippen molar-refractivity contribution >= 4 is 39.6 Å². The van der Waals surface area contributed by atoms with Gasteiger partial charge in [-0.1, -0.05) is 15.9 Å². The topological polar surface area (TPSA) is 101 Å². The Kier molecular flexibility index (Phi) is 6.20. The lowest BCUT2D eigenvalue weighted by Gasteiger charge is -1.95. The van der Waals surface area contributed by atoms with Crippen molar-refractivity contribution in [3.05, 3.63) is 45.8 Å². The second kappa shape index (κ2) is 7.67. The monoisotopic (exact) mass is 344 g/mol. The number of aromatic nitrogens is 2. The standard InChI is InChI=1S/C7H5BrO2.C4H5ClN4/c8-6-1-2-7(10)5(3-6)4-9;5-4-7-2-1-3(8-4)9-6/h1-4,10H;1-2H,6H2,(H,7,8,9). The summed E-state index contributed by atoms with van der Waals surface area (Å²) in [6, 6.07) is 6.31. The number of nitrogens with two attached hydrogens (primary N) is 1. The number of hydrogen-bond donors (Lipinski definition) is 3. The van der Waals surface area contributed by atoms with E-state index in [-0.39, 0.29) is 11.0 Å². The number of rotatable bonds is 2. The number of carbonyl (C=O) groups is 1. The molecule has 19 heavy (non-hydrogen) atoms. The summed E-state index contributed by atoms with van der Waals surface area (Å²) < 4.78 is 0.785. The molecule has 0 amide bonds. The van der Waals surface area contributed by atoms with Gasteiger partial charge in [0, 0.05) is 16.7 Å². The molecule has 1 heterocycles. The van der Waals surface area contributed by atoms with Crippen molar-refractivity contribution in [1.82, 2.24) is 9.97 Å². The molecule has 6 nitrogen and oxygen atoms in total. The van der Waals surface area contributed by atoms with Crippen molar-refractivity contribution in [2.24, 2.45) is 5.84 Å². The number of hydrazine groups is 1. The molecule has 0 saturated heterocycles. The van der Waals surface area contributed by atoms with Crippen molar-refractivity contribution in [2.45, 2.75) is 0 Å². The van der Waals surface area contributed by atoms with Crippen LogP contribution in [0, 0.1) is 0 Å². The van der Waals surface area contributed by atoms with Gasteiger partial charge >= 0.3 is 0 Å². The second-order valence-corrected chi connectivity index (χ2v) is 4.43. The Morgan fingerprint density at radius 2 is 2.16 bits per heavy atom. The Morgan fingerprint density at radius 1 is 1.42 bits per heavy atom. The molecule has 0 aliphatic carbocycles. The van der Waals surface area contributed by atoms with E-state index in [2.05, 4.69) is 31.3 Å². The minimum Gasteiger partial charge on any atom is -0.507 e. The Balaban J connectivity index is 0.000000191. The van der Waals surface area contributed by atoms with Gasteiger partial charge in [0.1, 0.15) is 11.6 Å². The van der Waals surface area contributed by atoms with Crippen molar-refractivity contribution in [3.8, 4) is 5.75 Å². The summed E-state index contributed by atoms with van der Waals surface area (Å²) in [5, 5.41) is 9.17. The molecule has 0 aliphatic heterocycles. The van der Waals surface area contributed by atoms with E-state index in [0.717, 1.165) is 4.47 Å². The number of aromatic hydroxyl groups is 1. The molecule has 0 bridgehead atoms. The van der Waals surface area contributed by atoms with Crippen LogP contribution in [0.2, 0.25) is 5.28 Å². The van der Waals surface area contributed by atoms with Crippen molar-refractivity contribution in [1.29, 1.82) is 0 Å². The maximum absolute atomic E-state index is 10.2. The van der Waals surface area contributed by atoms with Crippen LogP contribution < -0.4 is 11.3 Å². The third kappa shape index (κ3) is 5.21. The molecule has 2 rings (SSSR count). The zero-order valence-corrected chi connectivity index (χ0v) is 11.9. The highest BCUT2D eigenvalue weighted by Crippen LogP contribution is 2.19. The van der Waals surface area contributed by atoms with Crippen molar-refractivity contribution < 1.29 is 9.90 Å². The lowest BCUT2D eigenvalue weighted by atomic mass is 10.2. The number of benzene rings is 1. The van der Waals surface area contributed by atoms with Crippen molar-refractivity contribution in [3.63, 3.8) is 0 Å². The normalized spacial score (nSPS) is 9.21. The Bertz CT molecular complexity index is 568. The molecule has 0 unspecified atom stereocenters. The molecule has 2 aromatic rings. The van der Waals surface area contributed by atoms with Gasteiger partial charge < -0.3 is 10.5 Å². The number of carbonyl (C=O) groups excluding carboxylic acids is 1. The fourth-order valence-corrected chi connectivity index (χ4v) is 1.56. The molecule has 0 fully saturated rings. The van der Waals surface area contributed by atoms with Gasteiger partial charge in [-0.25, -0.2) is 10.8 Å². The van der Waals surface area contributed by atoms with E-state index in [4.69, 9.17) is 22.6 Å². The number of aldehydes is 1. The lowest BCUT2D eigenvalue weighted by molar-refractivity contribution is 0.112. The maximum atomic E-state index is 10.2. The number of nitrogen functional groups attached to an aromatic ring is 1. The summed E-state index contributed by atoms with van der Waals surface area (Å²) in [6.07, 6.45) is 2.13. The Morgan fingerprint density at radius 3 is 2.63 bits per heavy atom. The van der Waals surface area contributed by atoms with Gasteiger partial charge in [-0.2, -0.15) is 4.98 Å². The van der Waals surface area contributed by atoms with E-state index in [1.807, 2.05) is 0 Å². The molecule has 0 aliphatic rings. The molecule has 1 aromatic carbocycles.